The first-order valence-electron chi connectivity index (χ1n) is 3.35. The summed E-state index contributed by atoms with van der Waals surface area (Å²) in [6, 6.07) is 0. The van der Waals surface area contributed by atoms with Gasteiger partial charge in [0.15, 0.2) is 0 Å². The lowest BCUT2D eigenvalue weighted by Crippen LogP contribution is -2.01. The van der Waals surface area contributed by atoms with Crippen LogP contribution >= 0.6 is 0 Å². The zero-order chi connectivity index (χ0) is 6.69. The van der Waals surface area contributed by atoms with Gasteiger partial charge in [-0.1, -0.05) is 24.8 Å². The van der Waals surface area contributed by atoms with Crippen molar-refractivity contribution >= 4 is 0 Å². The first-order chi connectivity index (χ1) is 4.38. The Hall–Kier alpha value is -0.780. The van der Waals surface area contributed by atoms with E-state index in [4.69, 9.17) is 0 Å². The summed E-state index contributed by atoms with van der Waals surface area (Å²) < 4.78 is 0. The van der Waals surface area contributed by atoms with Crippen LogP contribution in [0.2, 0.25) is 0 Å². The molecule has 0 radical (unpaired) electrons. The third-order valence-corrected chi connectivity index (χ3v) is 1.74. The highest BCUT2D eigenvalue weighted by Gasteiger charge is 2.12. The maximum atomic E-state index is 3.65. The van der Waals surface area contributed by atoms with Crippen molar-refractivity contribution in [2.75, 3.05) is 0 Å². The van der Waals surface area contributed by atoms with Gasteiger partial charge in [0.2, 0.25) is 0 Å². The number of rotatable bonds is 1. The second kappa shape index (κ2) is 2.67. The quantitative estimate of drug-likeness (QED) is 0.499. The molecule has 48 valence electrons. The molecule has 1 saturated carbocycles. The Labute approximate surface area is 56.6 Å². The lowest BCUT2D eigenvalue weighted by molar-refractivity contribution is 0.821. The minimum absolute atomic E-state index is 1.24. The van der Waals surface area contributed by atoms with E-state index in [1.165, 1.54) is 24.0 Å². The van der Waals surface area contributed by atoms with Crippen LogP contribution in [-0.2, 0) is 0 Å². The van der Waals surface area contributed by atoms with E-state index in [9.17, 15) is 0 Å². The van der Waals surface area contributed by atoms with Gasteiger partial charge < -0.3 is 0 Å². The molecule has 1 fully saturated rings. The molecule has 0 aromatic heterocycles. The smallest absolute Gasteiger partial charge is 0.0236 e. The molecule has 0 aromatic carbocycles. The van der Waals surface area contributed by atoms with Gasteiger partial charge in [0.25, 0.3) is 0 Å². The van der Waals surface area contributed by atoms with Crippen LogP contribution in [0.5, 0.6) is 0 Å². The molecule has 0 amide bonds. The Bertz CT molecular complexity index is 170. The van der Waals surface area contributed by atoms with Gasteiger partial charge in [0.05, 0.1) is 0 Å². The monoisotopic (exact) mass is 120 g/mol. The van der Waals surface area contributed by atoms with E-state index < -0.39 is 0 Å². The fourth-order valence-corrected chi connectivity index (χ4v) is 1.08. The standard InChI is InChI=1S/C9H12/c1-3-5-9-7-6-8(9)4-2/h3-5H,1,6-7H2,2H3/b8-4-,9-5-. The van der Waals surface area contributed by atoms with Crippen LogP contribution < -0.4 is 0 Å². The largest absolute Gasteiger partial charge is 0.0991 e. The van der Waals surface area contributed by atoms with Crippen molar-refractivity contribution in [2.45, 2.75) is 19.8 Å². The van der Waals surface area contributed by atoms with E-state index in [0.717, 1.165) is 0 Å². The molecule has 0 aliphatic heterocycles. The normalized spacial score (nSPS) is 26.3. The zero-order valence-corrected chi connectivity index (χ0v) is 5.85. The second-order valence-electron chi connectivity index (χ2n) is 2.24. The SMILES string of the molecule is C=C/C=C1/CC/C1=C/C. The number of allylic oxidation sites excluding steroid dienone is 5. The Balaban J connectivity index is 2.65. The van der Waals surface area contributed by atoms with Gasteiger partial charge in [0, 0.05) is 0 Å². The van der Waals surface area contributed by atoms with Crippen molar-refractivity contribution < 1.29 is 0 Å². The molecule has 0 heteroatoms. The molecular weight excluding hydrogens is 108 g/mol. The van der Waals surface area contributed by atoms with E-state index in [-0.39, 0.29) is 0 Å². The first-order valence-corrected chi connectivity index (χ1v) is 3.35. The average Bonchev–Trinajstić information content (AvgIpc) is 1.82. The highest BCUT2D eigenvalue weighted by Crippen LogP contribution is 2.31. The summed E-state index contributed by atoms with van der Waals surface area (Å²) >= 11 is 0. The molecule has 0 unspecified atom stereocenters. The number of hydrogen-bond acceptors (Lipinski definition) is 0. The molecule has 0 nitrogen and oxygen atoms in total. The van der Waals surface area contributed by atoms with Crippen molar-refractivity contribution in [3.63, 3.8) is 0 Å². The van der Waals surface area contributed by atoms with Gasteiger partial charge in [-0.25, -0.2) is 0 Å². The van der Waals surface area contributed by atoms with Gasteiger partial charge in [-0.05, 0) is 30.9 Å². The third-order valence-electron chi connectivity index (χ3n) is 1.74. The van der Waals surface area contributed by atoms with Crippen LogP contribution in [0.25, 0.3) is 0 Å². The van der Waals surface area contributed by atoms with Gasteiger partial charge >= 0.3 is 0 Å². The molecule has 0 saturated heterocycles. The van der Waals surface area contributed by atoms with Crippen LogP contribution in [0.15, 0.2) is 36.0 Å². The van der Waals surface area contributed by atoms with E-state index in [2.05, 4.69) is 25.7 Å². The highest BCUT2D eigenvalue weighted by atomic mass is 14.2. The fraction of sp³-hybridized carbons (Fsp3) is 0.333. The van der Waals surface area contributed by atoms with Crippen molar-refractivity contribution in [3.8, 4) is 0 Å². The summed E-state index contributed by atoms with van der Waals surface area (Å²) in [5.41, 5.74) is 2.96. The first kappa shape index (κ1) is 6.34. The maximum absolute atomic E-state index is 3.65. The van der Waals surface area contributed by atoms with Gasteiger partial charge in [-0.2, -0.15) is 0 Å². The molecule has 9 heavy (non-hydrogen) atoms. The van der Waals surface area contributed by atoms with Crippen molar-refractivity contribution in [2.24, 2.45) is 0 Å². The Morgan fingerprint density at radius 2 is 2.00 bits per heavy atom. The van der Waals surface area contributed by atoms with Crippen LogP contribution in [0.4, 0.5) is 0 Å². The molecule has 0 heterocycles. The molecule has 1 aliphatic rings. The summed E-state index contributed by atoms with van der Waals surface area (Å²) in [6.07, 6.45) is 8.64. The van der Waals surface area contributed by atoms with Crippen LogP contribution in [0.1, 0.15) is 19.8 Å². The molecule has 0 bridgehead atoms. The third kappa shape index (κ3) is 1.13. The van der Waals surface area contributed by atoms with Gasteiger partial charge in [-0.15, -0.1) is 0 Å². The summed E-state index contributed by atoms with van der Waals surface area (Å²) in [5.74, 6) is 0. The molecule has 0 N–H and O–H groups in total. The predicted octanol–water partition coefficient (Wildman–Crippen LogP) is 2.84. The average molecular weight is 120 g/mol. The van der Waals surface area contributed by atoms with Crippen molar-refractivity contribution in [1.29, 1.82) is 0 Å². The molecule has 1 aliphatic carbocycles. The molecular formula is C9H12. The minimum atomic E-state index is 1.24. The van der Waals surface area contributed by atoms with E-state index >= 15 is 0 Å². The Kier molecular flexibility index (Phi) is 1.88. The van der Waals surface area contributed by atoms with E-state index in [1.807, 2.05) is 6.08 Å². The topological polar surface area (TPSA) is 0 Å². The van der Waals surface area contributed by atoms with Gasteiger partial charge in [0.1, 0.15) is 0 Å². The lowest BCUT2D eigenvalue weighted by atomic mass is 9.85. The minimum Gasteiger partial charge on any atom is -0.0991 e. The van der Waals surface area contributed by atoms with Crippen LogP contribution in [0, 0.1) is 0 Å². The fourth-order valence-electron chi connectivity index (χ4n) is 1.08. The summed E-state index contributed by atoms with van der Waals surface area (Å²) in [7, 11) is 0. The Morgan fingerprint density at radius 3 is 2.33 bits per heavy atom. The molecule has 0 aromatic rings. The van der Waals surface area contributed by atoms with E-state index in [0.29, 0.717) is 0 Å². The van der Waals surface area contributed by atoms with Crippen LogP contribution in [0.3, 0.4) is 0 Å². The summed E-state index contributed by atoms with van der Waals surface area (Å²) in [5, 5.41) is 0. The Morgan fingerprint density at radius 1 is 1.33 bits per heavy atom. The molecule has 0 atom stereocenters. The number of hydrogen-bond donors (Lipinski definition) is 0. The maximum Gasteiger partial charge on any atom is -0.0236 e. The van der Waals surface area contributed by atoms with Crippen LogP contribution in [-0.4, -0.2) is 0 Å². The zero-order valence-electron chi connectivity index (χ0n) is 5.85. The van der Waals surface area contributed by atoms with Crippen molar-refractivity contribution in [1.82, 2.24) is 0 Å². The van der Waals surface area contributed by atoms with Gasteiger partial charge in [-0.3, -0.25) is 0 Å². The lowest BCUT2D eigenvalue weighted by Gasteiger charge is -2.20. The summed E-state index contributed by atoms with van der Waals surface area (Å²) in [4.78, 5) is 0. The molecule has 1 rings (SSSR count). The predicted molar refractivity (Wildman–Crippen MR) is 41.3 cm³/mol. The van der Waals surface area contributed by atoms with E-state index in [1.54, 1.807) is 0 Å². The second-order valence-corrected chi connectivity index (χ2v) is 2.24. The highest BCUT2D eigenvalue weighted by molar-refractivity contribution is 5.40. The molecule has 0 spiro atoms. The van der Waals surface area contributed by atoms with Crippen molar-refractivity contribution in [3.05, 3.63) is 36.0 Å². The summed E-state index contributed by atoms with van der Waals surface area (Å²) in [6.45, 7) is 5.74.